The maximum absolute atomic E-state index is 7.71. The predicted octanol–water partition coefficient (Wildman–Crippen LogP) is 2.30. The van der Waals surface area contributed by atoms with Gasteiger partial charge in [-0.15, -0.1) is 0 Å². The summed E-state index contributed by atoms with van der Waals surface area (Å²) in [6.07, 6.45) is 3.57. The summed E-state index contributed by atoms with van der Waals surface area (Å²) < 4.78 is 12.3. The molecule has 0 unspecified atom stereocenters. The first-order valence-electron chi connectivity index (χ1n) is 11.2. The number of piperidine rings is 1. The van der Waals surface area contributed by atoms with Crippen molar-refractivity contribution in [3.05, 3.63) is 59.2 Å². The molecule has 2 aromatic rings. The topological polar surface area (TPSA) is 125 Å². The summed E-state index contributed by atoms with van der Waals surface area (Å²) in [6.45, 7) is 3.51. The monoisotopic (exact) mass is 436 g/mol. The van der Waals surface area contributed by atoms with E-state index in [1.807, 2.05) is 46.2 Å². The number of ether oxygens (including phenoxy) is 2. The number of rotatable bonds is 5. The summed E-state index contributed by atoms with van der Waals surface area (Å²) in [5, 5.41) is 15.2. The van der Waals surface area contributed by atoms with Crippen LogP contribution in [0.2, 0.25) is 0 Å². The Balaban J connectivity index is 1.32. The summed E-state index contributed by atoms with van der Waals surface area (Å²) in [7, 11) is 0. The second kappa shape index (κ2) is 9.80. The van der Waals surface area contributed by atoms with E-state index in [0.29, 0.717) is 6.61 Å². The van der Waals surface area contributed by atoms with Crippen molar-refractivity contribution in [2.24, 2.45) is 11.5 Å². The number of likely N-dealkylation sites (tertiary alicyclic amines) is 1. The second-order valence-electron chi connectivity index (χ2n) is 8.39. The maximum Gasteiger partial charge on any atom is 0.188 e. The van der Waals surface area contributed by atoms with Gasteiger partial charge < -0.3 is 30.7 Å². The van der Waals surface area contributed by atoms with Crippen molar-refractivity contribution in [1.29, 1.82) is 10.8 Å². The molecule has 0 atom stereocenters. The van der Waals surface area contributed by atoms with Crippen LogP contribution in [0.1, 0.15) is 29.5 Å². The number of fused-ring (bicyclic) bond motifs is 1. The van der Waals surface area contributed by atoms with Crippen LogP contribution in [0, 0.1) is 10.8 Å². The third-order valence-electron chi connectivity index (χ3n) is 6.26. The largest absolute Gasteiger partial charge is 0.490 e. The average Bonchev–Trinajstić information content (AvgIpc) is 3.02. The van der Waals surface area contributed by atoms with E-state index in [0.717, 1.165) is 68.9 Å². The maximum atomic E-state index is 7.71. The minimum Gasteiger partial charge on any atom is -0.490 e. The molecule has 0 amide bonds. The van der Waals surface area contributed by atoms with Crippen molar-refractivity contribution in [2.45, 2.75) is 38.4 Å². The summed E-state index contributed by atoms with van der Waals surface area (Å²) in [4.78, 5) is 3.79. The van der Waals surface area contributed by atoms with Crippen LogP contribution in [-0.4, -0.2) is 54.0 Å². The van der Waals surface area contributed by atoms with Crippen molar-refractivity contribution in [1.82, 2.24) is 9.80 Å². The van der Waals surface area contributed by atoms with E-state index in [2.05, 4.69) is 6.07 Å². The summed E-state index contributed by atoms with van der Waals surface area (Å²) in [5.74, 6) is 2.03. The van der Waals surface area contributed by atoms with E-state index >= 15 is 0 Å². The van der Waals surface area contributed by atoms with E-state index in [-0.39, 0.29) is 18.0 Å². The van der Waals surface area contributed by atoms with Gasteiger partial charge in [-0.3, -0.25) is 10.8 Å². The molecule has 8 nitrogen and oxygen atoms in total. The average molecular weight is 437 g/mol. The summed E-state index contributed by atoms with van der Waals surface area (Å²) in [6, 6.07) is 14.3. The SMILES string of the molecule is N=C(N)N1CCc2cccc(OCc3ccc(OC4CCN(C(=N)N)CC4)cc3)c2CC1. The Morgan fingerprint density at radius 2 is 1.53 bits per heavy atom. The molecule has 32 heavy (non-hydrogen) atoms. The molecule has 2 aliphatic rings. The minimum absolute atomic E-state index is 0.131. The van der Waals surface area contributed by atoms with Crippen LogP contribution in [0.25, 0.3) is 0 Å². The first kappa shape index (κ1) is 21.8. The van der Waals surface area contributed by atoms with Gasteiger partial charge in [0.2, 0.25) is 0 Å². The van der Waals surface area contributed by atoms with Gasteiger partial charge in [-0.1, -0.05) is 24.3 Å². The van der Waals surface area contributed by atoms with Gasteiger partial charge in [0, 0.05) is 39.0 Å². The van der Waals surface area contributed by atoms with Crippen molar-refractivity contribution in [3.63, 3.8) is 0 Å². The van der Waals surface area contributed by atoms with Gasteiger partial charge in [0.25, 0.3) is 0 Å². The van der Waals surface area contributed by atoms with Crippen molar-refractivity contribution in [2.75, 3.05) is 26.2 Å². The van der Waals surface area contributed by atoms with Gasteiger partial charge in [0.1, 0.15) is 24.2 Å². The Kier molecular flexibility index (Phi) is 6.68. The molecule has 0 aromatic heterocycles. The second-order valence-corrected chi connectivity index (χ2v) is 8.39. The molecule has 0 bridgehead atoms. The molecule has 1 saturated heterocycles. The number of benzene rings is 2. The predicted molar refractivity (Wildman–Crippen MR) is 125 cm³/mol. The van der Waals surface area contributed by atoms with E-state index in [1.54, 1.807) is 0 Å². The van der Waals surface area contributed by atoms with E-state index in [9.17, 15) is 0 Å². The molecule has 0 spiro atoms. The summed E-state index contributed by atoms with van der Waals surface area (Å²) in [5.41, 5.74) is 14.8. The number of nitrogens with two attached hydrogens (primary N) is 2. The third kappa shape index (κ3) is 5.25. The highest BCUT2D eigenvalue weighted by Crippen LogP contribution is 2.27. The molecule has 0 saturated carbocycles. The molecule has 2 aliphatic heterocycles. The van der Waals surface area contributed by atoms with Gasteiger partial charge >= 0.3 is 0 Å². The van der Waals surface area contributed by atoms with Crippen LogP contribution in [-0.2, 0) is 19.4 Å². The van der Waals surface area contributed by atoms with Gasteiger partial charge in [-0.2, -0.15) is 0 Å². The molecular weight excluding hydrogens is 404 g/mol. The fourth-order valence-corrected chi connectivity index (χ4v) is 4.35. The number of nitrogens with one attached hydrogen (secondary N) is 2. The standard InChI is InChI=1S/C24H32N6O2/c25-23(26)29-12-8-18-2-1-3-22(21(18)11-15-29)31-16-17-4-6-19(7-5-17)32-20-9-13-30(14-10-20)24(27)28/h1-7,20H,8-16H2,(H3,25,26)(H3,27,28). The van der Waals surface area contributed by atoms with Crippen molar-refractivity contribution >= 4 is 11.9 Å². The normalized spacial score (nSPS) is 16.8. The van der Waals surface area contributed by atoms with Gasteiger partial charge in [-0.25, -0.2) is 0 Å². The molecule has 0 aliphatic carbocycles. The highest BCUT2D eigenvalue weighted by Gasteiger charge is 2.21. The minimum atomic E-state index is 0.131. The van der Waals surface area contributed by atoms with Crippen LogP contribution < -0.4 is 20.9 Å². The van der Waals surface area contributed by atoms with Crippen LogP contribution in [0.3, 0.4) is 0 Å². The van der Waals surface area contributed by atoms with Crippen LogP contribution in [0.15, 0.2) is 42.5 Å². The number of hydrogen-bond acceptors (Lipinski definition) is 4. The lowest BCUT2D eigenvalue weighted by Gasteiger charge is -2.32. The Hall–Kier alpha value is -3.42. The summed E-state index contributed by atoms with van der Waals surface area (Å²) >= 11 is 0. The van der Waals surface area contributed by atoms with Crippen LogP contribution in [0.4, 0.5) is 0 Å². The molecular formula is C24H32N6O2. The van der Waals surface area contributed by atoms with E-state index in [4.69, 9.17) is 31.8 Å². The van der Waals surface area contributed by atoms with Crippen LogP contribution >= 0.6 is 0 Å². The highest BCUT2D eigenvalue weighted by molar-refractivity contribution is 5.75. The fraction of sp³-hybridized carbons (Fsp3) is 0.417. The molecule has 4 rings (SSSR count). The Morgan fingerprint density at radius 3 is 2.22 bits per heavy atom. The van der Waals surface area contributed by atoms with Crippen molar-refractivity contribution < 1.29 is 9.47 Å². The molecule has 8 heteroatoms. The Bertz CT molecular complexity index is 953. The van der Waals surface area contributed by atoms with Crippen molar-refractivity contribution in [3.8, 4) is 11.5 Å². The lowest BCUT2D eigenvalue weighted by molar-refractivity contribution is 0.130. The number of nitrogens with zero attached hydrogens (tertiary/aromatic N) is 2. The Labute approximate surface area is 189 Å². The van der Waals surface area contributed by atoms with Gasteiger partial charge in [-0.05, 0) is 47.7 Å². The lowest BCUT2D eigenvalue weighted by Crippen LogP contribution is -2.44. The fourth-order valence-electron chi connectivity index (χ4n) is 4.35. The zero-order valence-electron chi connectivity index (χ0n) is 18.3. The first-order chi connectivity index (χ1) is 15.5. The highest BCUT2D eigenvalue weighted by atomic mass is 16.5. The van der Waals surface area contributed by atoms with Crippen LogP contribution in [0.5, 0.6) is 11.5 Å². The molecule has 2 aromatic carbocycles. The quantitative estimate of drug-likeness (QED) is 0.421. The van der Waals surface area contributed by atoms with E-state index in [1.165, 1.54) is 11.1 Å². The molecule has 2 heterocycles. The Morgan fingerprint density at radius 1 is 0.875 bits per heavy atom. The van der Waals surface area contributed by atoms with Gasteiger partial charge in [0.15, 0.2) is 11.9 Å². The first-order valence-corrected chi connectivity index (χ1v) is 11.2. The molecule has 0 radical (unpaired) electrons. The smallest absolute Gasteiger partial charge is 0.188 e. The lowest BCUT2D eigenvalue weighted by atomic mass is 10.0. The van der Waals surface area contributed by atoms with E-state index < -0.39 is 0 Å². The van der Waals surface area contributed by atoms with Gasteiger partial charge in [0.05, 0.1) is 0 Å². The zero-order valence-corrected chi connectivity index (χ0v) is 18.3. The molecule has 170 valence electrons. The third-order valence-corrected chi connectivity index (χ3v) is 6.26. The zero-order chi connectivity index (χ0) is 22.5. The molecule has 1 fully saturated rings. The molecule has 6 N–H and O–H groups in total. The number of guanidine groups is 2. The number of hydrogen-bond donors (Lipinski definition) is 4.